The van der Waals surface area contributed by atoms with Crippen molar-refractivity contribution in [1.82, 2.24) is 15.1 Å². The first-order valence-corrected chi connectivity index (χ1v) is 11.9. The standard InChI is InChI=1S/C26H22F3N3O8/c1-32-12-10-20(37-15-5-7-16(8-6-15)38-26(27,28)29)17-9-4-14(19-3-2-11-30-31-19)13-18(17)25(32)39-23(35)21(33)22(34)24(36)40-25/h2-9,11,13,20-22,33-34H,10,12H2,1H3. The summed E-state index contributed by atoms with van der Waals surface area (Å²) in [6, 6.07) is 13.0. The summed E-state index contributed by atoms with van der Waals surface area (Å²) in [5.74, 6) is -5.00. The van der Waals surface area contributed by atoms with Crippen LogP contribution in [0.1, 0.15) is 23.7 Å². The Hall–Kier alpha value is -4.27. The highest BCUT2D eigenvalue weighted by Crippen LogP contribution is 2.44. The van der Waals surface area contributed by atoms with Crippen molar-refractivity contribution in [2.75, 3.05) is 13.6 Å². The molecule has 1 fully saturated rings. The van der Waals surface area contributed by atoms with Gasteiger partial charge in [-0.05, 0) is 49.5 Å². The lowest BCUT2D eigenvalue weighted by Gasteiger charge is -2.38. The zero-order valence-corrected chi connectivity index (χ0v) is 20.7. The molecule has 40 heavy (non-hydrogen) atoms. The van der Waals surface area contributed by atoms with Gasteiger partial charge in [-0.25, -0.2) is 14.5 Å². The second kappa shape index (κ2) is 10.4. The Balaban J connectivity index is 1.59. The van der Waals surface area contributed by atoms with Gasteiger partial charge < -0.3 is 29.2 Å². The molecule has 0 radical (unpaired) electrons. The van der Waals surface area contributed by atoms with Crippen LogP contribution in [0.15, 0.2) is 60.8 Å². The monoisotopic (exact) mass is 561 g/mol. The van der Waals surface area contributed by atoms with Crippen molar-refractivity contribution in [3.8, 4) is 22.8 Å². The van der Waals surface area contributed by atoms with E-state index in [0.717, 1.165) is 12.1 Å². The van der Waals surface area contributed by atoms with Crippen molar-refractivity contribution < 1.29 is 51.9 Å². The van der Waals surface area contributed by atoms with Crippen LogP contribution in [0.3, 0.4) is 0 Å². The highest BCUT2D eigenvalue weighted by Gasteiger charge is 2.55. The number of carbonyl (C=O) groups excluding carboxylic acids is 2. The fraction of sp³-hybridized carbons (Fsp3) is 0.308. The number of carbonyl (C=O) groups is 2. The summed E-state index contributed by atoms with van der Waals surface area (Å²) in [6.45, 7) is 0.113. The minimum absolute atomic E-state index is 0.113. The maximum Gasteiger partial charge on any atom is 0.573 e. The first-order valence-electron chi connectivity index (χ1n) is 11.9. The molecule has 1 aromatic heterocycles. The third-order valence-electron chi connectivity index (χ3n) is 6.43. The molecule has 5 rings (SSSR count). The zero-order valence-electron chi connectivity index (χ0n) is 20.7. The van der Waals surface area contributed by atoms with Crippen LogP contribution in [-0.4, -0.2) is 69.4 Å². The minimum atomic E-state index is -4.85. The van der Waals surface area contributed by atoms with E-state index in [4.69, 9.17) is 14.2 Å². The molecule has 0 amide bonds. The number of benzene rings is 2. The molecular weight excluding hydrogens is 539 g/mol. The molecule has 0 saturated carbocycles. The van der Waals surface area contributed by atoms with Gasteiger partial charge in [-0.3, -0.25) is 0 Å². The largest absolute Gasteiger partial charge is 0.573 e. The highest BCUT2D eigenvalue weighted by molar-refractivity contribution is 5.87. The van der Waals surface area contributed by atoms with Crippen LogP contribution in [0.25, 0.3) is 11.3 Å². The van der Waals surface area contributed by atoms with Crippen LogP contribution < -0.4 is 9.47 Å². The fourth-order valence-corrected chi connectivity index (χ4v) is 4.49. The molecule has 3 atom stereocenters. The lowest BCUT2D eigenvalue weighted by atomic mass is 9.95. The van der Waals surface area contributed by atoms with E-state index < -0.39 is 48.3 Å². The van der Waals surface area contributed by atoms with Gasteiger partial charge in [0.1, 0.15) is 17.6 Å². The molecule has 2 aromatic carbocycles. The summed E-state index contributed by atoms with van der Waals surface area (Å²) >= 11 is 0. The van der Waals surface area contributed by atoms with E-state index in [2.05, 4.69) is 14.9 Å². The van der Waals surface area contributed by atoms with E-state index in [1.54, 1.807) is 30.3 Å². The molecule has 1 spiro atoms. The van der Waals surface area contributed by atoms with Gasteiger partial charge in [-0.15, -0.1) is 13.2 Å². The van der Waals surface area contributed by atoms with E-state index in [9.17, 15) is 33.0 Å². The molecule has 2 N–H and O–H groups in total. The topological polar surface area (TPSA) is 141 Å². The summed E-state index contributed by atoms with van der Waals surface area (Å²) in [5.41, 5.74) is 1.49. The molecule has 2 aliphatic rings. The highest BCUT2D eigenvalue weighted by atomic mass is 19.4. The molecule has 1 saturated heterocycles. The van der Waals surface area contributed by atoms with Gasteiger partial charge in [0.05, 0.1) is 11.3 Å². The molecule has 3 heterocycles. The predicted octanol–water partition coefficient (Wildman–Crippen LogP) is 2.43. The number of aromatic nitrogens is 2. The maximum absolute atomic E-state index is 12.7. The van der Waals surface area contributed by atoms with Crippen LogP contribution in [-0.2, 0) is 25.0 Å². The molecular formula is C26H22F3N3O8. The number of esters is 2. The number of ether oxygens (including phenoxy) is 4. The Morgan fingerprint density at radius 2 is 1.65 bits per heavy atom. The number of nitrogens with zero attached hydrogens (tertiary/aromatic N) is 3. The van der Waals surface area contributed by atoms with Crippen LogP contribution in [0, 0.1) is 0 Å². The Bertz CT molecular complexity index is 1380. The predicted molar refractivity (Wildman–Crippen MR) is 127 cm³/mol. The molecule has 0 aliphatic carbocycles. The van der Waals surface area contributed by atoms with Crippen molar-refractivity contribution in [3.63, 3.8) is 0 Å². The van der Waals surface area contributed by atoms with Crippen LogP contribution in [0.2, 0.25) is 0 Å². The van der Waals surface area contributed by atoms with E-state index in [1.807, 2.05) is 0 Å². The van der Waals surface area contributed by atoms with E-state index in [1.165, 1.54) is 30.3 Å². The zero-order chi connectivity index (χ0) is 28.7. The smallest absolute Gasteiger partial charge is 0.486 e. The van der Waals surface area contributed by atoms with Crippen molar-refractivity contribution in [1.29, 1.82) is 0 Å². The number of aliphatic hydroxyl groups is 2. The number of halogens is 3. The molecule has 210 valence electrons. The summed E-state index contributed by atoms with van der Waals surface area (Å²) < 4.78 is 58.9. The van der Waals surface area contributed by atoms with Gasteiger partial charge in [-0.2, -0.15) is 10.2 Å². The van der Waals surface area contributed by atoms with Gasteiger partial charge in [0.2, 0.25) is 0 Å². The molecule has 2 aliphatic heterocycles. The van der Waals surface area contributed by atoms with E-state index in [0.29, 0.717) is 16.8 Å². The summed E-state index contributed by atoms with van der Waals surface area (Å²) in [6.07, 6.45) is -8.25. The summed E-state index contributed by atoms with van der Waals surface area (Å²) in [7, 11) is 1.51. The Labute approximate surface area is 224 Å². The third kappa shape index (κ3) is 5.28. The first kappa shape index (κ1) is 27.3. The average molecular weight is 561 g/mol. The van der Waals surface area contributed by atoms with Crippen molar-refractivity contribution >= 4 is 11.9 Å². The van der Waals surface area contributed by atoms with E-state index >= 15 is 0 Å². The summed E-state index contributed by atoms with van der Waals surface area (Å²) in [5, 5.41) is 28.2. The number of rotatable bonds is 4. The first-order chi connectivity index (χ1) is 19.0. The fourth-order valence-electron chi connectivity index (χ4n) is 4.49. The normalized spacial score (nSPS) is 25.3. The third-order valence-corrected chi connectivity index (χ3v) is 6.43. The van der Waals surface area contributed by atoms with Gasteiger partial charge >= 0.3 is 24.2 Å². The molecule has 11 nitrogen and oxygen atoms in total. The van der Waals surface area contributed by atoms with Gasteiger partial charge in [-0.1, -0.05) is 12.1 Å². The SMILES string of the molecule is CN1CCC(Oc2ccc(OC(F)(F)F)cc2)c2ccc(-c3cccnn3)cc2C12OC(=O)C(O)C(O)C(=O)O2. The molecule has 14 heteroatoms. The Morgan fingerprint density at radius 1 is 1.00 bits per heavy atom. The number of hydrogen-bond acceptors (Lipinski definition) is 11. The Kier molecular flexibility index (Phi) is 7.08. The van der Waals surface area contributed by atoms with Gasteiger partial charge in [0.25, 0.3) is 0 Å². The quantitative estimate of drug-likeness (QED) is 0.454. The van der Waals surface area contributed by atoms with Crippen LogP contribution in [0.4, 0.5) is 13.2 Å². The number of alkyl halides is 3. The number of hydrogen-bond donors (Lipinski definition) is 2. The second-order valence-corrected chi connectivity index (χ2v) is 9.06. The van der Waals surface area contributed by atoms with Gasteiger partial charge in [0, 0.05) is 30.3 Å². The lowest BCUT2D eigenvalue weighted by molar-refractivity contribution is -0.288. The van der Waals surface area contributed by atoms with Gasteiger partial charge in [0.15, 0.2) is 12.2 Å². The maximum atomic E-state index is 12.7. The van der Waals surface area contributed by atoms with Crippen LogP contribution in [0.5, 0.6) is 11.5 Å². The van der Waals surface area contributed by atoms with Crippen molar-refractivity contribution in [2.24, 2.45) is 0 Å². The van der Waals surface area contributed by atoms with Crippen molar-refractivity contribution in [2.45, 2.75) is 37.0 Å². The number of aliphatic hydroxyl groups excluding tert-OH is 2. The number of fused-ring (bicyclic) bond motifs is 2. The Morgan fingerprint density at radius 3 is 2.25 bits per heavy atom. The average Bonchev–Trinajstić information content (AvgIpc) is 3.08. The minimum Gasteiger partial charge on any atom is -0.486 e. The van der Waals surface area contributed by atoms with Crippen molar-refractivity contribution in [3.05, 3.63) is 71.9 Å². The van der Waals surface area contributed by atoms with E-state index in [-0.39, 0.29) is 24.3 Å². The lowest BCUT2D eigenvalue weighted by Crippen LogP contribution is -2.50. The molecule has 3 aromatic rings. The molecule has 3 unspecified atom stereocenters. The van der Waals surface area contributed by atoms with Crippen LogP contribution >= 0.6 is 0 Å². The second-order valence-electron chi connectivity index (χ2n) is 9.06. The summed E-state index contributed by atoms with van der Waals surface area (Å²) in [4.78, 5) is 26.9. The molecule has 0 bridgehead atoms.